The van der Waals surface area contributed by atoms with Gasteiger partial charge in [0.15, 0.2) is 0 Å². The maximum absolute atomic E-state index is 13.0. The summed E-state index contributed by atoms with van der Waals surface area (Å²) in [7, 11) is 1.92. The molecule has 138 valence electrons. The van der Waals surface area contributed by atoms with Crippen molar-refractivity contribution >= 4 is 23.4 Å². The summed E-state index contributed by atoms with van der Waals surface area (Å²) in [5.41, 5.74) is 2.54. The average Bonchev–Trinajstić information content (AvgIpc) is 3.11. The topological polar surface area (TPSA) is 74.9 Å². The van der Waals surface area contributed by atoms with Crippen LogP contribution in [0.1, 0.15) is 25.2 Å². The van der Waals surface area contributed by atoms with Gasteiger partial charge in [-0.15, -0.1) is 0 Å². The standard InChI is InChI=1S/C19H19N5O2S/c1-4-15(25)23-13-9-6-5-8-12(13)16-17(26)20-19(27-3)21-24(16)18(23)14-10-7-11-22(14)2/h5-11,18H,4H2,1-3H3/p+1/t18-/m1/s1. The number of anilines is 1. The largest absolute Gasteiger partial charge is 0.347 e. The molecular formula is C19H20N5O2S+. The summed E-state index contributed by atoms with van der Waals surface area (Å²) < 4.78 is 3.63. The van der Waals surface area contributed by atoms with Crippen LogP contribution in [-0.4, -0.2) is 26.8 Å². The van der Waals surface area contributed by atoms with Gasteiger partial charge >= 0.3 is 17.4 Å². The number of thioether (sulfide) groups is 1. The predicted molar refractivity (Wildman–Crippen MR) is 104 cm³/mol. The van der Waals surface area contributed by atoms with Crippen LogP contribution in [0.4, 0.5) is 5.69 Å². The number of carbonyl (C=O) groups is 1. The van der Waals surface area contributed by atoms with Gasteiger partial charge in [-0.05, 0) is 35.2 Å². The van der Waals surface area contributed by atoms with E-state index in [4.69, 9.17) is 0 Å². The van der Waals surface area contributed by atoms with Gasteiger partial charge in [0, 0.05) is 24.8 Å². The summed E-state index contributed by atoms with van der Waals surface area (Å²) in [5, 5.41) is 5.16. The van der Waals surface area contributed by atoms with Gasteiger partial charge in [-0.3, -0.25) is 14.6 Å². The molecule has 0 saturated carbocycles. The minimum atomic E-state index is -0.532. The Bertz CT molecular complexity index is 1090. The lowest BCUT2D eigenvalue weighted by atomic mass is 10.0. The molecule has 1 aromatic carbocycles. The van der Waals surface area contributed by atoms with Crippen molar-refractivity contribution in [1.82, 2.24) is 14.6 Å². The van der Waals surface area contributed by atoms with Crippen LogP contribution in [0.3, 0.4) is 0 Å². The summed E-state index contributed by atoms with van der Waals surface area (Å²) in [6, 6.07) is 11.4. The Morgan fingerprint density at radius 2 is 2.07 bits per heavy atom. The highest BCUT2D eigenvalue weighted by molar-refractivity contribution is 7.98. The molecule has 0 saturated heterocycles. The molecule has 0 unspecified atom stereocenters. The number of carbonyl (C=O) groups excluding carboxylic acids is 1. The fourth-order valence-electron chi connectivity index (χ4n) is 3.51. The zero-order chi connectivity index (χ0) is 19.1. The van der Waals surface area contributed by atoms with E-state index in [9.17, 15) is 9.59 Å². The van der Waals surface area contributed by atoms with Crippen molar-refractivity contribution in [2.24, 2.45) is 7.05 Å². The Labute approximate surface area is 160 Å². The lowest BCUT2D eigenvalue weighted by Crippen LogP contribution is -2.61. The quantitative estimate of drug-likeness (QED) is 0.556. The van der Waals surface area contributed by atoms with E-state index in [0.29, 0.717) is 22.8 Å². The van der Waals surface area contributed by atoms with Crippen LogP contribution in [0, 0.1) is 0 Å². The van der Waals surface area contributed by atoms with Gasteiger partial charge in [-0.2, -0.15) is 0 Å². The fraction of sp³-hybridized carbons (Fsp3) is 0.263. The van der Waals surface area contributed by atoms with E-state index in [2.05, 4.69) is 10.1 Å². The van der Waals surface area contributed by atoms with Crippen LogP contribution in [0.5, 0.6) is 0 Å². The highest BCUT2D eigenvalue weighted by atomic mass is 32.2. The molecule has 0 bridgehead atoms. The molecule has 0 radical (unpaired) electrons. The molecule has 8 heteroatoms. The van der Waals surface area contributed by atoms with E-state index in [1.54, 1.807) is 9.58 Å². The number of fused-ring (bicyclic) bond motifs is 3. The molecule has 27 heavy (non-hydrogen) atoms. The molecule has 1 aliphatic rings. The molecule has 7 nitrogen and oxygen atoms in total. The summed E-state index contributed by atoms with van der Waals surface area (Å²) in [6.45, 7) is 1.84. The maximum Gasteiger partial charge on any atom is 0.325 e. The molecule has 1 N–H and O–H groups in total. The summed E-state index contributed by atoms with van der Waals surface area (Å²) in [5.74, 6) is -0.0282. The number of hydrogen-bond donors (Lipinski definition) is 1. The number of para-hydroxylation sites is 1. The first-order valence-corrected chi connectivity index (χ1v) is 9.92. The Hall–Kier alpha value is -2.87. The van der Waals surface area contributed by atoms with Gasteiger partial charge in [-0.1, -0.05) is 30.8 Å². The number of aromatic nitrogens is 4. The third-order valence-electron chi connectivity index (χ3n) is 4.77. The number of aromatic amines is 1. The number of nitrogens with one attached hydrogen (secondary N) is 1. The zero-order valence-corrected chi connectivity index (χ0v) is 16.2. The highest BCUT2D eigenvalue weighted by Gasteiger charge is 2.46. The number of aryl methyl sites for hydroxylation is 1. The van der Waals surface area contributed by atoms with E-state index in [1.165, 1.54) is 11.8 Å². The number of H-pyrrole nitrogens is 1. The monoisotopic (exact) mass is 382 g/mol. The number of rotatable bonds is 3. The summed E-state index contributed by atoms with van der Waals surface area (Å²) in [6.07, 6.45) is 3.60. The van der Waals surface area contributed by atoms with Crippen LogP contribution in [0.25, 0.3) is 11.3 Å². The van der Waals surface area contributed by atoms with E-state index in [1.807, 2.05) is 67.4 Å². The van der Waals surface area contributed by atoms with E-state index in [0.717, 1.165) is 11.4 Å². The van der Waals surface area contributed by atoms with Crippen LogP contribution in [0.2, 0.25) is 0 Å². The molecule has 3 aromatic rings. The van der Waals surface area contributed by atoms with E-state index >= 15 is 0 Å². The minimum absolute atomic E-state index is 0.0282. The Morgan fingerprint density at radius 3 is 2.74 bits per heavy atom. The van der Waals surface area contributed by atoms with Crippen molar-refractivity contribution in [2.45, 2.75) is 24.7 Å². The molecule has 2 aromatic heterocycles. The molecular weight excluding hydrogens is 362 g/mol. The summed E-state index contributed by atoms with van der Waals surface area (Å²) in [4.78, 5) is 30.5. The van der Waals surface area contributed by atoms with E-state index in [-0.39, 0.29) is 11.5 Å². The van der Waals surface area contributed by atoms with Crippen molar-refractivity contribution in [3.63, 3.8) is 0 Å². The number of amides is 1. The molecule has 1 aliphatic heterocycles. The second kappa shape index (κ2) is 6.70. The Balaban J connectivity index is 2.11. The number of benzene rings is 1. The van der Waals surface area contributed by atoms with Crippen LogP contribution in [-0.2, 0) is 11.8 Å². The molecule has 0 spiro atoms. The zero-order valence-electron chi connectivity index (χ0n) is 15.3. The van der Waals surface area contributed by atoms with Gasteiger partial charge in [0.05, 0.1) is 11.3 Å². The van der Waals surface area contributed by atoms with Crippen molar-refractivity contribution in [2.75, 3.05) is 11.2 Å². The average molecular weight is 382 g/mol. The first-order valence-electron chi connectivity index (χ1n) is 8.69. The minimum Gasteiger partial charge on any atom is -0.347 e. The van der Waals surface area contributed by atoms with Gasteiger partial charge in [0.1, 0.15) is 5.69 Å². The summed E-state index contributed by atoms with van der Waals surface area (Å²) >= 11 is 1.36. The molecule has 0 aliphatic carbocycles. The number of hydrogen-bond acceptors (Lipinski definition) is 4. The molecule has 1 amide bonds. The SMILES string of the molecule is CCC(=O)N1c2ccccc2-c2c(=O)[nH]c(SC)n[n+]2[C@@H]1c1cccn1C. The maximum atomic E-state index is 13.0. The third kappa shape index (κ3) is 2.68. The van der Waals surface area contributed by atoms with Gasteiger partial charge in [-0.25, -0.2) is 4.90 Å². The van der Waals surface area contributed by atoms with Crippen LogP contribution < -0.4 is 15.1 Å². The smallest absolute Gasteiger partial charge is 0.325 e. The van der Waals surface area contributed by atoms with Gasteiger partial charge in [0.2, 0.25) is 11.1 Å². The van der Waals surface area contributed by atoms with Crippen LogP contribution in [0.15, 0.2) is 52.5 Å². The van der Waals surface area contributed by atoms with Crippen molar-refractivity contribution in [1.29, 1.82) is 0 Å². The first kappa shape index (κ1) is 17.5. The lowest BCUT2D eigenvalue weighted by Gasteiger charge is -2.31. The van der Waals surface area contributed by atoms with Crippen molar-refractivity contribution in [3.8, 4) is 11.3 Å². The predicted octanol–water partition coefficient (Wildman–Crippen LogP) is 2.09. The Morgan fingerprint density at radius 1 is 1.30 bits per heavy atom. The molecule has 3 heterocycles. The molecule has 1 atom stereocenters. The van der Waals surface area contributed by atoms with Gasteiger partial charge in [0.25, 0.3) is 0 Å². The second-order valence-electron chi connectivity index (χ2n) is 6.31. The second-order valence-corrected chi connectivity index (χ2v) is 7.10. The van der Waals surface area contributed by atoms with Crippen molar-refractivity contribution in [3.05, 3.63) is 58.6 Å². The fourth-order valence-corrected chi connectivity index (χ4v) is 3.88. The third-order valence-corrected chi connectivity index (χ3v) is 5.34. The normalized spacial score (nSPS) is 15.4. The Kier molecular flexibility index (Phi) is 4.35. The van der Waals surface area contributed by atoms with Crippen LogP contribution >= 0.6 is 11.8 Å². The number of nitrogens with zero attached hydrogens (tertiary/aromatic N) is 4. The van der Waals surface area contributed by atoms with Crippen molar-refractivity contribution < 1.29 is 9.48 Å². The van der Waals surface area contributed by atoms with Gasteiger partial charge < -0.3 is 4.57 Å². The highest BCUT2D eigenvalue weighted by Crippen LogP contribution is 2.37. The lowest BCUT2D eigenvalue weighted by molar-refractivity contribution is -0.763. The molecule has 0 fully saturated rings. The first-order chi connectivity index (χ1) is 13.1. The molecule has 4 rings (SSSR count). The van der Waals surface area contributed by atoms with E-state index < -0.39 is 6.17 Å².